The molecule has 3 heterocycles. The van der Waals surface area contributed by atoms with Gasteiger partial charge in [0.05, 0.1) is 32.8 Å². The molecule has 3 aromatic heterocycles. The van der Waals surface area contributed by atoms with Crippen LogP contribution in [0.2, 0.25) is 4.34 Å². The first-order chi connectivity index (χ1) is 19.1. The fourth-order valence-electron chi connectivity index (χ4n) is 3.14. The van der Waals surface area contributed by atoms with Crippen LogP contribution in [0, 0.1) is 6.92 Å². The average Bonchev–Trinajstić information content (AvgIpc) is 3.40. The van der Waals surface area contributed by atoms with E-state index in [4.69, 9.17) is 11.6 Å². The Morgan fingerprint density at radius 3 is 2.23 bits per heavy atom. The van der Waals surface area contributed by atoms with Gasteiger partial charge in [-0.2, -0.15) is 0 Å². The van der Waals surface area contributed by atoms with E-state index in [9.17, 15) is 18.0 Å². The molecule has 0 saturated heterocycles. The van der Waals surface area contributed by atoms with Crippen molar-refractivity contribution in [2.75, 3.05) is 17.7 Å². The molecule has 0 aliphatic heterocycles. The summed E-state index contributed by atoms with van der Waals surface area (Å²) in [5, 5.41) is 5.83. The van der Waals surface area contributed by atoms with Gasteiger partial charge in [0.1, 0.15) is 15.9 Å². The number of urea groups is 1. The summed E-state index contributed by atoms with van der Waals surface area (Å²) in [7, 11) is -2.29. The monoisotopic (exact) mass is 672 g/mol. The van der Waals surface area contributed by atoms with Crippen LogP contribution in [0.5, 0.6) is 0 Å². The van der Waals surface area contributed by atoms with Crippen molar-refractivity contribution >= 4 is 77.2 Å². The van der Waals surface area contributed by atoms with Crippen molar-refractivity contribution < 1.29 is 13.2 Å². The van der Waals surface area contributed by atoms with E-state index < -0.39 is 16.1 Å². The predicted octanol–water partition coefficient (Wildman–Crippen LogP) is 7.20. The lowest BCUT2D eigenvalue weighted by Gasteiger charge is -2.12. The minimum absolute atomic E-state index is 0.0896. The van der Waals surface area contributed by atoms with Crippen LogP contribution in [0.25, 0.3) is 16.7 Å². The van der Waals surface area contributed by atoms with E-state index in [1.54, 1.807) is 26.1 Å². The summed E-state index contributed by atoms with van der Waals surface area (Å²) in [4.78, 5) is 34.1. The highest BCUT2D eigenvalue weighted by atomic mass is 79.9. The van der Waals surface area contributed by atoms with Gasteiger partial charge in [0.25, 0.3) is 15.6 Å². The molecule has 0 spiro atoms. The Morgan fingerprint density at radius 1 is 1.05 bits per heavy atom. The average molecular weight is 674 g/mol. The number of carbonyl (C=O) groups excluding carboxylic acids is 1. The maximum atomic E-state index is 13.1. The van der Waals surface area contributed by atoms with Gasteiger partial charge in [0, 0.05) is 11.5 Å². The molecule has 0 unspecified atom stereocenters. The quantitative estimate of drug-likeness (QED) is 0.204. The molecule has 0 saturated carbocycles. The Morgan fingerprint density at radius 2 is 1.70 bits per heavy atom. The molecule has 0 atom stereocenters. The van der Waals surface area contributed by atoms with Crippen LogP contribution < -0.4 is 20.9 Å². The first-order valence-electron chi connectivity index (χ1n) is 12.6. The number of amides is 2. The van der Waals surface area contributed by atoms with Crippen molar-refractivity contribution in [1.82, 2.24) is 19.3 Å². The normalized spacial score (nSPS) is 10.2. The van der Waals surface area contributed by atoms with Crippen LogP contribution in [0.4, 0.5) is 16.2 Å². The van der Waals surface area contributed by atoms with E-state index >= 15 is 0 Å². The molecule has 4 aromatic rings. The highest BCUT2D eigenvalue weighted by Crippen LogP contribution is 2.27. The van der Waals surface area contributed by atoms with Gasteiger partial charge in [-0.1, -0.05) is 53.1 Å². The van der Waals surface area contributed by atoms with Gasteiger partial charge in [-0.05, 0) is 59.3 Å². The van der Waals surface area contributed by atoms with Crippen molar-refractivity contribution in [2.45, 2.75) is 52.7 Å². The zero-order chi connectivity index (χ0) is 30.6. The maximum Gasteiger partial charge on any atom is 0.333 e. The van der Waals surface area contributed by atoms with E-state index in [1.807, 2.05) is 46.3 Å². The molecular weight excluding hydrogens is 640 g/mol. The molecule has 0 aliphatic carbocycles. The Kier molecular flexibility index (Phi) is 14.3. The van der Waals surface area contributed by atoms with Crippen molar-refractivity contribution in [3.8, 4) is 5.82 Å². The number of carbonyl (C=O) groups is 1. The van der Waals surface area contributed by atoms with Gasteiger partial charge in [-0.25, -0.2) is 32.5 Å². The van der Waals surface area contributed by atoms with Crippen LogP contribution in [0.3, 0.4) is 0 Å². The molecule has 3 N–H and O–H groups in total. The molecule has 0 radical (unpaired) electrons. The van der Waals surface area contributed by atoms with E-state index in [2.05, 4.69) is 36.5 Å². The molecule has 10 nitrogen and oxygen atoms in total. The Labute approximate surface area is 252 Å². The number of aryl methyl sites for hydroxylation is 1. The lowest BCUT2D eigenvalue weighted by Crippen LogP contribution is -2.34. The van der Waals surface area contributed by atoms with Gasteiger partial charge < -0.3 is 10.6 Å². The summed E-state index contributed by atoms with van der Waals surface area (Å²) in [6.07, 6.45) is 1.31. The number of pyridine rings is 1. The summed E-state index contributed by atoms with van der Waals surface area (Å²) in [6, 6.07) is 8.22. The molecule has 0 bridgehead atoms. The molecule has 2 amide bonds. The van der Waals surface area contributed by atoms with Crippen LogP contribution >= 0.6 is 38.9 Å². The van der Waals surface area contributed by atoms with Crippen molar-refractivity contribution in [3.63, 3.8) is 0 Å². The van der Waals surface area contributed by atoms with E-state index in [1.165, 1.54) is 35.0 Å². The van der Waals surface area contributed by atoms with Gasteiger partial charge in [0.15, 0.2) is 0 Å². The minimum atomic E-state index is -4.06. The largest absolute Gasteiger partial charge is 0.387 e. The van der Waals surface area contributed by atoms with Crippen LogP contribution in [0.15, 0.2) is 56.1 Å². The summed E-state index contributed by atoms with van der Waals surface area (Å²) in [5.74, 6) is 0.714. The van der Waals surface area contributed by atoms with Gasteiger partial charge in [0.2, 0.25) is 0 Å². The number of nitrogens with one attached hydrogen (secondary N) is 3. The fourth-order valence-corrected chi connectivity index (χ4v) is 6.07. The molecule has 14 heteroatoms. The highest BCUT2D eigenvalue weighted by molar-refractivity contribution is 9.10. The van der Waals surface area contributed by atoms with E-state index in [0.717, 1.165) is 21.5 Å². The Balaban J connectivity index is 0.00000125. The molecule has 0 fully saturated rings. The number of hydrogen-bond acceptors (Lipinski definition) is 8. The first-order valence-corrected chi connectivity index (χ1v) is 16.0. The molecule has 4 rings (SSSR count). The molecule has 218 valence electrons. The number of fused-ring (bicyclic) bond motifs is 1. The fraction of sp³-hybridized carbons (Fsp3) is 0.308. The highest BCUT2D eigenvalue weighted by Gasteiger charge is 2.20. The molecule has 1 aromatic carbocycles. The lowest BCUT2D eigenvalue weighted by atomic mass is 10.2. The number of benzene rings is 1. The standard InChI is InChI=1S/C20H16BrClN6O4S2.3C2H6/c1-10-25-14-8-15(23-2)13(21)7-12(14)19(29)28(10)17-5-3-11(9-24-17)26-20(30)27-34(31,32)18-6-4-16(22)33-18;3*1-2/h3-9,23H,1-2H3,(H2,26,27,30);3*1-2H3. The Hall–Kier alpha value is -3.00. The van der Waals surface area contributed by atoms with Crippen LogP contribution in [0.1, 0.15) is 47.4 Å². The number of anilines is 2. The summed E-state index contributed by atoms with van der Waals surface area (Å²) in [5.41, 5.74) is 1.25. The van der Waals surface area contributed by atoms with Crippen molar-refractivity contribution in [1.29, 1.82) is 0 Å². The third kappa shape index (κ3) is 8.50. The summed E-state index contributed by atoms with van der Waals surface area (Å²) >= 11 is 10.0. The second kappa shape index (κ2) is 16.3. The van der Waals surface area contributed by atoms with Crippen molar-refractivity contribution in [3.05, 3.63) is 67.6 Å². The van der Waals surface area contributed by atoms with Gasteiger partial charge >= 0.3 is 6.03 Å². The van der Waals surface area contributed by atoms with E-state index in [0.29, 0.717) is 16.7 Å². The minimum Gasteiger partial charge on any atom is -0.387 e. The molecular formula is C26H34BrClN6O4S2. The first kappa shape index (κ1) is 35.0. The van der Waals surface area contributed by atoms with Crippen molar-refractivity contribution in [2.24, 2.45) is 0 Å². The number of aromatic nitrogens is 3. The number of sulfonamides is 1. The number of hydrogen-bond donors (Lipinski definition) is 3. The zero-order valence-electron chi connectivity index (χ0n) is 23.6. The predicted molar refractivity (Wildman–Crippen MR) is 170 cm³/mol. The number of nitrogens with zero attached hydrogens (tertiary/aromatic N) is 3. The third-order valence-corrected chi connectivity index (χ3v) is 8.38. The Bertz CT molecular complexity index is 1590. The second-order valence-corrected chi connectivity index (χ2v) is 11.4. The van der Waals surface area contributed by atoms with Crippen LogP contribution in [-0.4, -0.2) is 36.0 Å². The number of halogens is 2. The molecule has 40 heavy (non-hydrogen) atoms. The second-order valence-electron chi connectivity index (χ2n) is 6.92. The topological polar surface area (TPSA) is 135 Å². The summed E-state index contributed by atoms with van der Waals surface area (Å²) in [6.45, 7) is 13.7. The zero-order valence-corrected chi connectivity index (χ0v) is 27.6. The van der Waals surface area contributed by atoms with Crippen LogP contribution in [-0.2, 0) is 10.0 Å². The third-order valence-electron chi connectivity index (χ3n) is 4.67. The molecule has 0 aliphatic rings. The lowest BCUT2D eigenvalue weighted by molar-refractivity contribution is 0.256. The van der Waals surface area contributed by atoms with Gasteiger partial charge in [-0.3, -0.25) is 4.79 Å². The number of rotatable bonds is 5. The van der Waals surface area contributed by atoms with Gasteiger partial charge in [-0.15, -0.1) is 11.3 Å². The smallest absolute Gasteiger partial charge is 0.333 e. The van der Waals surface area contributed by atoms with E-state index in [-0.39, 0.29) is 25.6 Å². The maximum absolute atomic E-state index is 13.1. The number of thiophene rings is 1. The SMILES string of the molecule is CC.CC.CC.CNc1cc2nc(C)n(-c3ccc(NC(=O)NS(=O)(=O)c4ccc(Cl)s4)cn3)c(=O)c2cc1Br. The summed E-state index contributed by atoms with van der Waals surface area (Å²) < 4.78 is 28.7.